The van der Waals surface area contributed by atoms with E-state index in [9.17, 15) is 9.59 Å². The first kappa shape index (κ1) is 19.3. The third kappa shape index (κ3) is 3.13. The van der Waals surface area contributed by atoms with E-state index in [1.165, 1.54) is 12.8 Å². The van der Waals surface area contributed by atoms with Crippen molar-refractivity contribution >= 4 is 11.8 Å². The molecule has 4 heterocycles. The molecule has 0 N–H and O–H groups in total. The number of carbonyl (C=O) groups is 2. The second kappa shape index (κ2) is 6.96. The van der Waals surface area contributed by atoms with Gasteiger partial charge in [-0.15, -0.1) is 0 Å². The Morgan fingerprint density at radius 2 is 2.13 bits per heavy atom. The molecular weight excluding hydrogens is 380 g/mol. The molecule has 1 spiro atoms. The highest BCUT2D eigenvalue weighted by Gasteiger charge is 2.59. The van der Waals surface area contributed by atoms with Crippen LogP contribution in [0.5, 0.6) is 0 Å². The number of aryl methyl sites for hydroxylation is 1. The number of imidazole rings is 1. The Kier molecular flexibility index (Phi) is 4.48. The van der Waals surface area contributed by atoms with Gasteiger partial charge in [0.15, 0.2) is 0 Å². The fraction of sp³-hybridized carbons (Fsp3) is 0.636. The van der Waals surface area contributed by atoms with Crippen molar-refractivity contribution in [2.24, 2.45) is 18.4 Å². The molecule has 2 aromatic heterocycles. The zero-order valence-electron chi connectivity index (χ0n) is 18.0. The van der Waals surface area contributed by atoms with Crippen molar-refractivity contribution in [1.82, 2.24) is 29.1 Å². The quantitative estimate of drug-likeness (QED) is 0.756. The molecule has 3 fully saturated rings. The third-order valence-electron chi connectivity index (χ3n) is 7.05. The zero-order valence-corrected chi connectivity index (χ0v) is 18.0. The predicted molar refractivity (Wildman–Crippen MR) is 111 cm³/mol. The summed E-state index contributed by atoms with van der Waals surface area (Å²) in [6, 6.07) is 2.05. The summed E-state index contributed by atoms with van der Waals surface area (Å²) in [7, 11) is 1.81. The van der Waals surface area contributed by atoms with E-state index in [1.807, 2.05) is 16.1 Å². The number of hydrogen-bond acceptors (Lipinski definition) is 4. The highest BCUT2D eigenvalue weighted by Crippen LogP contribution is 2.50. The van der Waals surface area contributed by atoms with Gasteiger partial charge in [0, 0.05) is 57.6 Å². The van der Waals surface area contributed by atoms with Gasteiger partial charge in [0.05, 0.1) is 17.4 Å². The maximum Gasteiger partial charge on any atom is 0.274 e. The lowest BCUT2D eigenvalue weighted by Gasteiger charge is -2.27. The second-order valence-corrected chi connectivity index (χ2v) is 9.55. The molecule has 2 aliphatic heterocycles. The summed E-state index contributed by atoms with van der Waals surface area (Å²) < 4.78 is 3.71. The number of rotatable bonds is 5. The van der Waals surface area contributed by atoms with E-state index in [1.54, 1.807) is 24.0 Å². The molecule has 8 heteroatoms. The standard InChI is InChI=1S/C22H30N6O2/c1-15(2)28-12-19(23-14-28)17-11-27(20(29)18-6-8-25(3)24-18)13-22(17)7-9-26(21(22)30)10-16-4-5-16/h6,8,12,14-17H,4-5,7,9-11,13H2,1-3H3/t17-,22+/m0/s1. The summed E-state index contributed by atoms with van der Waals surface area (Å²) in [6.45, 7) is 6.83. The van der Waals surface area contributed by atoms with Gasteiger partial charge in [-0.05, 0) is 45.1 Å². The molecule has 0 aromatic carbocycles. The average molecular weight is 411 g/mol. The molecule has 8 nitrogen and oxygen atoms in total. The Balaban J connectivity index is 1.47. The van der Waals surface area contributed by atoms with Gasteiger partial charge in [-0.1, -0.05) is 0 Å². The highest BCUT2D eigenvalue weighted by molar-refractivity contribution is 5.94. The first-order valence-corrected chi connectivity index (χ1v) is 11.0. The van der Waals surface area contributed by atoms with Gasteiger partial charge in [0.25, 0.3) is 5.91 Å². The van der Waals surface area contributed by atoms with Crippen LogP contribution in [0.3, 0.4) is 0 Å². The van der Waals surface area contributed by atoms with Gasteiger partial charge in [0.1, 0.15) is 5.69 Å². The molecule has 3 aliphatic rings. The molecule has 30 heavy (non-hydrogen) atoms. The monoisotopic (exact) mass is 410 g/mol. The van der Waals surface area contributed by atoms with E-state index < -0.39 is 5.41 Å². The van der Waals surface area contributed by atoms with Crippen LogP contribution < -0.4 is 0 Å². The summed E-state index contributed by atoms with van der Waals surface area (Å²) in [5.41, 5.74) is 0.776. The average Bonchev–Trinajstić information content (AvgIpc) is 3.08. The summed E-state index contributed by atoms with van der Waals surface area (Å²) in [5.74, 6) is 0.682. The van der Waals surface area contributed by atoms with Crippen LogP contribution in [0.2, 0.25) is 0 Å². The lowest BCUT2D eigenvalue weighted by atomic mass is 9.75. The minimum Gasteiger partial charge on any atom is -0.342 e. The lowest BCUT2D eigenvalue weighted by molar-refractivity contribution is -0.136. The van der Waals surface area contributed by atoms with Crippen LogP contribution in [-0.4, -0.2) is 67.1 Å². The largest absolute Gasteiger partial charge is 0.342 e. The van der Waals surface area contributed by atoms with Gasteiger partial charge in [-0.3, -0.25) is 14.3 Å². The van der Waals surface area contributed by atoms with E-state index in [0.29, 0.717) is 30.7 Å². The van der Waals surface area contributed by atoms with Gasteiger partial charge in [-0.25, -0.2) is 4.98 Å². The Hall–Kier alpha value is -2.64. The van der Waals surface area contributed by atoms with E-state index in [2.05, 4.69) is 34.7 Å². The summed E-state index contributed by atoms with van der Waals surface area (Å²) in [4.78, 5) is 35.4. The van der Waals surface area contributed by atoms with Crippen LogP contribution in [0, 0.1) is 11.3 Å². The molecule has 160 valence electrons. The Bertz CT molecular complexity index is 974. The van der Waals surface area contributed by atoms with Gasteiger partial charge in [0.2, 0.25) is 5.91 Å². The van der Waals surface area contributed by atoms with Crippen molar-refractivity contribution in [3.05, 3.63) is 36.2 Å². The normalized spacial score (nSPS) is 26.5. The van der Waals surface area contributed by atoms with Gasteiger partial charge >= 0.3 is 0 Å². The zero-order chi connectivity index (χ0) is 21.0. The highest BCUT2D eigenvalue weighted by atomic mass is 16.2. The third-order valence-corrected chi connectivity index (χ3v) is 7.05. The number of nitrogens with zero attached hydrogens (tertiary/aromatic N) is 6. The molecule has 0 radical (unpaired) electrons. The molecule has 1 saturated carbocycles. The van der Waals surface area contributed by atoms with E-state index in [0.717, 1.165) is 25.2 Å². The second-order valence-electron chi connectivity index (χ2n) is 9.55. The van der Waals surface area contributed by atoms with Crippen molar-refractivity contribution in [2.45, 2.75) is 45.1 Å². The first-order valence-electron chi connectivity index (χ1n) is 11.0. The van der Waals surface area contributed by atoms with Gasteiger partial charge < -0.3 is 14.4 Å². The van der Waals surface area contributed by atoms with Crippen LogP contribution in [0.15, 0.2) is 24.8 Å². The minimum atomic E-state index is -0.574. The van der Waals surface area contributed by atoms with Crippen LogP contribution in [0.1, 0.15) is 61.3 Å². The smallest absolute Gasteiger partial charge is 0.274 e. The van der Waals surface area contributed by atoms with E-state index in [-0.39, 0.29) is 17.7 Å². The molecule has 1 aliphatic carbocycles. The Labute approximate surface area is 176 Å². The molecule has 2 aromatic rings. The van der Waals surface area contributed by atoms with Crippen LogP contribution in [0.25, 0.3) is 0 Å². The van der Waals surface area contributed by atoms with Crippen molar-refractivity contribution in [3.63, 3.8) is 0 Å². The molecule has 0 unspecified atom stereocenters. The van der Waals surface area contributed by atoms with Crippen molar-refractivity contribution in [1.29, 1.82) is 0 Å². The number of aromatic nitrogens is 4. The first-order chi connectivity index (χ1) is 14.4. The molecule has 5 rings (SSSR count). The molecule has 2 amide bonds. The number of hydrogen-bond donors (Lipinski definition) is 0. The topological polar surface area (TPSA) is 76.3 Å². The van der Waals surface area contributed by atoms with Gasteiger partial charge in [-0.2, -0.15) is 5.10 Å². The van der Waals surface area contributed by atoms with Crippen molar-refractivity contribution < 1.29 is 9.59 Å². The maximum absolute atomic E-state index is 13.7. The molecule has 0 bridgehead atoms. The SMILES string of the molecule is CC(C)n1cnc([C@@H]2CN(C(=O)c3ccn(C)n3)C[C@]23CCN(CC2CC2)C3=O)c1. The Morgan fingerprint density at radius 3 is 2.77 bits per heavy atom. The number of likely N-dealkylation sites (tertiary alicyclic amines) is 2. The maximum atomic E-state index is 13.7. The fourth-order valence-electron chi connectivity index (χ4n) is 5.06. The summed E-state index contributed by atoms with van der Waals surface area (Å²) in [6.07, 6.45) is 8.91. The number of amides is 2. The van der Waals surface area contributed by atoms with Crippen LogP contribution in [-0.2, 0) is 11.8 Å². The molecule has 2 saturated heterocycles. The van der Waals surface area contributed by atoms with Crippen molar-refractivity contribution in [2.75, 3.05) is 26.2 Å². The lowest BCUT2D eigenvalue weighted by Crippen LogP contribution is -2.41. The predicted octanol–water partition coefficient (Wildman–Crippen LogP) is 2.07. The van der Waals surface area contributed by atoms with E-state index >= 15 is 0 Å². The van der Waals surface area contributed by atoms with Crippen LogP contribution >= 0.6 is 0 Å². The Morgan fingerprint density at radius 1 is 1.33 bits per heavy atom. The fourth-order valence-corrected chi connectivity index (χ4v) is 5.06. The minimum absolute atomic E-state index is 0.0816. The van der Waals surface area contributed by atoms with Crippen LogP contribution in [0.4, 0.5) is 0 Å². The molecule has 2 atom stereocenters. The summed E-state index contributed by atoms with van der Waals surface area (Å²) >= 11 is 0. The van der Waals surface area contributed by atoms with E-state index in [4.69, 9.17) is 0 Å². The molecular formula is C22H30N6O2. The number of carbonyl (C=O) groups excluding carboxylic acids is 2. The van der Waals surface area contributed by atoms with Crippen molar-refractivity contribution in [3.8, 4) is 0 Å². The summed E-state index contributed by atoms with van der Waals surface area (Å²) in [5, 5.41) is 4.29.